The minimum atomic E-state index is -3.66. The van der Waals surface area contributed by atoms with Gasteiger partial charge in [0.05, 0.1) is 4.90 Å². The van der Waals surface area contributed by atoms with Crippen LogP contribution < -0.4 is 5.32 Å². The van der Waals surface area contributed by atoms with Gasteiger partial charge in [0, 0.05) is 43.3 Å². The number of hydrogen-bond acceptors (Lipinski definition) is 4. The standard InChI is InChI=1S/C26H33N3O4S/c1-16-17(2)19(4)24(20(5)18(16)3)34(32,33)29-14-12-28(13-15-29)26(31)22-8-10-23(11-9-22)27-25(30)21-6-7-21/h8-11,21H,6-7,12-15H2,1-5H3,(H,27,30). The first-order chi connectivity index (χ1) is 16.0. The van der Waals surface area contributed by atoms with Gasteiger partial charge in [-0.3, -0.25) is 9.59 Å². The SMILES string of the molecule is Cc1c(C)c(C)c(S(=O)(=O)N2CCN(C(=O)c3ccc(NC(=O)C4CC4)cc3)CC2)c(C)c1C. The zero-order valence-corrected chi connectivity index (χ0v) is 21.4. The summed E-state index contributed by atoms with van der Waals surface area (Å²) in [5, 5.41) is 2.87. The van der Waals surface area contributed by atoms with Gasteiger partial charge in [-0.25, -0.2) is 8.42 Å². The Hall–Kier alpha value is -2.71. The highest BCUT2D eigenvalue weighted by atomic mass is 32.2. The van der Waals surface area contributed by atoms with E-state index in [4.69, 9.17) is 0 Å². The molecule has 34 heavy (non-hydrogen) atoms. The molecule has 2 amide bonds. The number of rotatable bonds is 5. The second-order valence-corrected chi connectivity index (χ2v) is 11.4. The Labute approximate surface area is 202 Å². The van der Waals surface area contributed by atoms with Gasteiger partial charge < -0.3 is 10.2 Å². The van der Waals surface area contributed by atoms with Gasteiger partial charge >= 0.3 is 0 Å². The fourth-order valence-corrected chi connectivity index (χ4v) is 6.56. The normalized spacial score (nSPS) is 17.0. The maximum atomic E-state index is 13.6. The van der Waals surface area contributed by atoms with Gasteiger partial charge in [-0.05, 0) is 99.5 Å². The van der Waals surface area contributed by atoms with Crippen molar-refractivity contribution < 1.29 is 18.0 Å². The summed E-state index contributed by atoms with van der Waals surface area (Å²) in [5.41, 5.74) is 5.94. The van der Waals surface area contributed by atoms with Crippen LogP contribution in [0.4, 0.5) is 5.69 Å². The smallest absolute Gasteiger partial charge is 0.253 e. The number of anilines is 1. The number of sulfonamides is 1. The Morgan fingerprint density at radius 1 is 0.794 bits per heavy atom. The molecule has 1 N–H and O–H groups in total. The molecule has 2 fully saturated rings. The van der Waals surface area contributed by atoms with Crippen molar-refractivity contribution in [2.45, 2.75) is 52.4 Å². The van der Waals surface area contributed by atoms with E-state index in [2.05, 4.69) is 5.32 Å². The predicted octanol–water partition coefficient (Wildman–Crippen LogP) is 3.72. The molecule has 2 aromatic rings. The molecule has 182 valence electrons. The van der Waals surface area contributed by atoms with Crippen molar-refractivity contribution in [1.29, 1.82) is 0 Å². The number of hydrogen-bond donors (Lipinski definition) is 1. The van der Waals surface area contributed by atoms with Gasteiger partial charge in [-0.2, -0.15) is 4.31 Å². The van der Waals surface area contributed by atoms with Crippen LogP contribution in [-0.4, -0.2) is 55.6 Å². The molecule has 1 aliphatic heterocycles. The van der Waals surface area contributed by atoms with Crippen LogP contribution in [0.2, 0.25) is 0 Å². The van der Waals surface area contributed by atoms with Crippen molar-refractivity contribution in [3.63, 3.8) is 0 Å². The van der Waals surface area contributed by atoms with Gasteiger partial charge in [-0.1, -0.05) is 0 Å². The molecule has 2 aromatic carbocycles. The maximum absolute atomic E-state index is 13.6. The average Bonchev–Trinajstić information content (AvgIpc) is 3.67. The molecule has 0 bridgehead atoms. The number of carbonyl (C=O) groups excluding carboxylic acids is 2. The molecule has 0 aromatic heterocycles. The van der Waals surface area contributed by atoms with E-state index in [-0.39, 0.29) is 30.8 Å². The van der Waals surface area contributed by atoms with Gasteiger partial charge in [0.15, 0.2) is 0 Å². The molecule has 1 saturated heterocycles. The number of carbonyl (C=O) groups is 2. The summed E-state index contributed by atoms with van der Waals surface area (Å²) in [4.78, 5) is 27.0. The second-order valence-electron chi connectivity index (χ2n) is 9.49. The topological polar surface area (TPSA) is 86.8 Å². The Balaban J connectivity index is 1.44. The number of piperazine rings is 1. The highest BCUT2D eigenvalue weighted by Gasteiger charge is 2.34. The summed E-state index contributed by atoms with van der Waals surface area (Å²) in [6.07, 6.45) is 1.87. The molecule has 0 radical (unpaired) electrons. The number of nitrogens with one attached hydrogen (secondary N) is 1. The van der Waals surface area contributed by atoms with Gasteiger partial charge in [0.1, 0.15) is 0 Å². The highest BCUT2D eigenvalue weighted by Crippen LogP contribution is 2.32. The van der Waals surface area contributed by atoms with E-state index < -0.39 is 10.0 Å². The summed E-state index contributed by atoms with van der Waals surface area (Å²) < 4.78 is 28.6. The molecule has 1 heterocycles. The molecule has 8 heteroatoms. The van der Waals surface area contributed by atoms with Crippen LogP contribution in [0.25, 0.3) is 0 Å². The third-order valence-corrected chi connectivity index (χ3v) is 9.58. The van der Waals surface area contributed by atoms with Crippen molar-refractivity contribution in [2.24, 2.45) is 5.92 Å². The van der Waals surface area contributed by atoms with E-state index in [0.717, 1.165) is 40.7 Å². The number of amides is 2. The molecule has 0 spiro atoms. The van der Waals surface area contributed by atoms with Crippen molar-refractivity contribution in [1.82, 2.24) is 9.21 Å². The van der Waals surface area contributed by atoms with Crippen LogP contribution in [0.15, 0.2) is 29.2 Å². The lowest BCUT2D eigenvalue weighted by atomic mass is 9.95. The predicted molar refractivity (Wildman–Crippen MR) is 133 cm³/mol. The highest BCUT2D eigenvalue weighted by molar-refractivity contribution is 7.89. The monoisotopic (exact) mass is 483 g/mol. The van der Waals surface area contributed by atoms with Crippen molar-refractivity contribution in [2.75, 3.05) is 31.5 Å². The molecule has 2 aliphatic rings. The van der Waals surface area contributed by atoms with E-state index in [1.54, 1.807) is 29.2 Å². The van der Waals surface area contributed by atoms with Crippen molar-refractivity contribution in [3.05, 3.63) is 57.6 Å². The van der Waals surface area contributed by atoms with Crippen molar-refractivity contribution >= 4 is 27.5 Å². The molecule has 0 unspecified atom stereocenters. The van der Waals surface area contributed by atoms with E-state index >= 15 is 0 Å². The van der Waals surface area contributed by atoms with Crippen LogP contribution in [0.1, 0.15) is 51.0 Å². The van der Waals surface area contributed by atoms with Crippen LogP contribution >= 0.6 is 0 Å². The lowest BCUT2D eigenvalue weighted by Crippen LogP contribution is -2.50. The van der Waals surface area contributed by atoms with E-state index in [1.807, 2.05) is 34.6 Å². The lowest BCUT2D eigenvalue weighted by molar-refractivity contribution is -0.117. The number of nitrogens with zero attached hydrogens (tertiary/aromatic N) is 2. The van der Waals surface area contributed by atoms with Gasteiger partial charge in [0.2, 0.25) is 15.9 Å². The Bertz CT molecular complexity index is 1210. The molecular formula is C26H33N3O4S. The van der Waals surface area contributed by atoms with Gasteiger partial charge in [-0.15, -0.1) is 0 Å². The average molecular weight is 484 g/mol. The molecular weight excluding hydrogens is 450 g/mol. The summed E-state index contributed by atoms with van der Waals surface area (Å²) in [5.74, 6) is 0.0153. The van der Waals surface area contributed by atoms with Gasteiger partial charge in [0.25, 0.3) is 5.91 Å². The first-order valence-electron chi connectivity index (χ1n) is 11.8. The summed E-state index contributed by atoms with van der Waals surface area (Å²) >= 11 is 0. The van der Waals surface area contributed by atoms with E-state index in [0.29, 0.717) is 29.2 Å². The van der Waals surface area contributed by atoms with Crippen LogP contribution in [-0.2, 0) is 14.8 Å². The van der Waals surface area contributed by atoms with Crippen LogP contribution in [0.3, 0.4) is 0 Å². The fourth-order valence-electron chi connectivity index (χ4n) is 4.58. The minimum Gasteiger partial charge on any atom is -0.336 e. The molecule has 0 atom stereocenters. The van der Waals surface area contributed by atoms with E-state index in [9.17, 15) is 18.0 Å². The zero-order chi connectivity index (χ0) is 24.8. The van der Waals surface area contributed by atoms with Crippen molar-refractivity contribution in [3.8, 4) is 0 Å². The fraction of sp³-hybridized carbons (Fsp3) is 0.462. The summed E-state index contributed by atoms with van der Waals surface area (Å²) in [6, 6.07) is 6.89. The maximum Gasteiger partial charge on any atom is 0.253 e. The molecule has 1 saturated carbocycles. The summed E-state index contributed by atoms with van der Waals surface area (Å²) in [6.45, 7) is 10.9. The molecule has 4 rings (SSSR count). The molecule has 1 aliphatic carbocycles. The zero-order valence-electron chi connectivity index (χ0n) is 20.6. The third-order valence-electron chi connectivity index (χ3n) is 7.40. The van der Waals surface area contributed by atoms with Crippen LogP contribution in [0, 0.1) is 40.5 Å². The number of benzene rings is 2. The Kier molecular flexibility index (Phi) is 6.57. The Morgan fingerprint density at radius 3 is 1.79 bits per heavy atom. The van der Waals surface area contributed by atoms with E-state index in [1.165, 1.54) is 4.31 Å². The third kappa shape index (κ3) is 4.49. The molecule has 7 nitrogen and oxygen atoms in total. The summed E-state index contributed by atoms with van der Waals surface area (Å²) in [7, 11) is -3.66. The minimum absolute atomic E-state index is 0.0286. The first kappa shape index (κ1) is 24.4. The quantitative estimate of drug-likeness (QED) is 0.702. The largest absolute Gasteiger partial charge is 0.336 e. The first-order valence-corrected chi connectivity index (χ1v) is 13.2. The van der Waals surface area contributed by atoms with Crippen LogP contribution in [0.5, 0.6) is 0 Å². The lowest BCUT2D eigenvalue weighted by Gasteiger charge is -2.35. The second kappa shape index (κ2) is 9.15. The Morgan fingerprint density at radius 2 is 1.29 bits per heavy atom.